The Morgan fingerprint density at radius 2 is 1.55 bits per heavy atom. The van der Waals surface area contributed by atoms with E-state index in [1.165, 1.54) is 6.07 Å². The zero-order chi connectivity index (χ0) is 30.9. The molecule has 44 heavy (non-hydrogen) atoms. The molecule has 2 aliphatic rings. The minimum atomic E-state index is -4.80. The summed E-state index contributed by atoms with van der Waals surface area (Å²) in [6, 6.07) is 23.7. The number of anilines is 2. The summed E-state index contributed by atoms with van der Waals surface area (Å²) in [5.74, 6) is -0.987. The van der Waals surface area contributed by atoms with Crippen LogP contribution in [0, 0.1) is 5.41 Å². The van der Waals surface area contributed by atoms with Crippen LogP contribution in [0.1, 0.15) is 30.9 Å². The first-order valence-electron chi connectivity index (χ1n) is 14.4. The number of rotatable bonds is 7. The van der Waals surface area contributed by atoms with Crippen LogP contribution >= 0.6 is 0 Å². The Morgan fingerprint density at radius 1 is 0.955 bits per heavy atom. The molecular weight excluding hydrogens is 571 g/mol. The Bertz CT molecular complexity index is 1570. The SMILES string of the molecule is Nc1nc(O[C@H](c2c(-c3ccccc3)cccc2-c2ccccc2)C(F)(F)F)cc(N2CCC3(CC2)CN[C@H](C(=O)O)C3)n1. The van der Waals surface area contributed by atoms with Crippen LogP contribution in [-0.4, -0.2) is 52.9 Å². The lowest BCUT2D eigenvalue weighted by Crippen LogP contribution is -2.41. The maximum absolute atomic E-state index is 15.0. The Labute approximate surface area is 252 Å². The van der Waals surface area contributed by atoms with E-state index >= 15 is 13.2 Å². The largest absolute Gasteiger partial charge is 0.480 e. The van der Waals surface area contributed by atoms with Gasteiger partial charge in [-0.1, -0.05) is 78.9 Å². The van der Waals surface area contributed by atoms with E-state index in [2.05, 4.69) is 15.3 Å². The molecule has 4 aromatic rings. The highest BCUT2D eigenvalue weighted by atomic mass is 19.4. The van der Waals surface area contributed by atoms with Crippen molar-refractivity contribution in [3.8, 4) is 28.1 Å². The van der Waals surface area contributed by atoms with Crippen molar-refractivity contribution in [2.24, 2.45) is 5.41 Å². The van der Waals surface area contributed by atoms with Gasteiger partial charge < -0.3 is 25.8 Å². The van der Waals surface area contributed by atoms with Crippen molar-refractivity contribution in [2.45, 2.75) is 37.6 Å². The number of nitrogens with two attached hydrogens (primary N) is 1. The number of hydrogen-bond acceptors (Lipinski definition) is 7. The topological polar surface area (TPSA) is 114 Å². The van der Waals surface area contributed by atoms with E-state index in [0.717, 1.165) is 0 Å². The third-order valence-electron chi connectivity index (χ3n) is 8.59. The third kappa shape index (κ3) is 6.05. The van der Waals surface area contributed by atoms with Crippen LogP contribution in [0.25, 0.3) is 22.3 Å². The van der Waals surface area contributed by atoms with E-state index in [-0.39, 0.29) is 22.8 Å². The van der Waals surface area contributed by atoms with Crippen LogP contribution in [0.3, 0.4) is 0 Å². The molecule has 8 nitrogen and oxygen atoms in total. The van der Waals surface area contributed by atoms with Crippen molar-refractivity contribution in [3.63, 3.8) is 0 Å². The molecule has 3 aromatic carbocycles. The first-order valence-corrected chi connectivity index (χ1v) is 14.4. The van der Waals surface area contributed by atoms with Crippen LogP contribution in [-0.2, 0) is 4.79 Å². The summed E-state index contributed by atoms with van der Waals surface area (Å²) in [7, 11) is 0. The summed E-state index contributed by atoms with van der Waals surface area (Å²) in [5.41, 5.74) is 7.86. The van der Waals surface area contributed by atoms with Crippen molar-refractivity contribution in [1.29, 1.82) is 0 Å². The summed E-state index contributed by atoms with van der Waals surface area (Å²) in [6.07, 6.45) is -5.21. The monoisotopic (exact) mass is 603 g/mol. The van der Waals surface area contributed by atoms with Gasteiger partial charge in [0.2, 0.25) is 17.9 Å². The van der Waals surface area contributed by atoms with Crippen LogP contribution in [0.5, 0.6) is 5.88 Å². The molecule has 2 fully saturated rings. The standard InChI is InChI=1S/C33H32F3N5O3/c34-33(35,36)29(28-23(21-8-3-1-4-9-21)12-7-13-24(28)22-10-5-2-6-11-22)44-27-18-26(39-31(37)40-27)41-16-14-32(15-17-41)19-25(30(42)43)38-20-32/h1-13,18,25,29,38H,14-17,19-20H2,(H,42,43)(H2,37,39,40)/t25-,29+/m0/s1. The summed E-state index contributed by atoms with van der Waals surface area (Å²) >= 11 is 0. The van der Waals surface area contributed by atoms with E-state index in [1.54, 1.807) is 66.7 Å². The fourth-order valence-corrected chi connectivity index (χ4v) is 6.33. The highest BCUT2D eigenvalue weighted by Crippen LogP contribution is 2.46. The lowest BCUT2D eigenvalue weighted by molar-refractivity contribution is -0.198. The molecular formula is C33H32F3N5O3. The van der Waals surface area contributed by atoms with Gasteiger partial charge in [0.15, 0.2) is 0 Å². The minimum Gasteiger partial charge on any atom is -0.480 e. The van der Waals surface area contributed by atoms with Crippen molar-refractivity contribution >= 4 is 17.7 Å². The molecule has 1 spiro atoms. The smallest absolute Gasteiger partial charge is 0.429 e. The van der Waals surface area contributed by atoms with Gasteiger partial charge in [-0.3, -0.25) is 4.79 Å². The molecule has 2 aliphatic heterocycles. The number of aliphatic carboxylic acids is 1. The Kier molecular flexibility index (Phi) is 7.89. The van der Waals surface area contributed by atoms with E-state index < -0.39 is 24.3 Å². The lowest BCUT2D eigenvalue weighted by atomic mass is 9.76. The molecule has 0 saturated carbocycles. The molecule has 0 unspecified atom stereocenters. The van der Waals surface area contributed by atoms with Crippen LogP contribution in [0.2, 0.25) is 0 Å². The molecule has 6 rings (SSSR count). The average molecular weight is 604 g/mol. The maximum atomic E-state index is 15.0. The number of carboxylic acid groups (broad SMARTS) is 1. The van der Waals surface area contributed by atoms with E-state index in [0.29, 0.717) is 67.0 Å². The van der Waals surface area contributed by atoms with Crippen molar-refractivity contribution in [2.75, 3.05) is 30.3 Å². The van der Waals surface area contributed by atoms with Gasteiger partial charge in [0.05, 0.1) is 0 Å². The normalized spacial score (nSPS) is 18.7. The molecule has 2 atom stereocenters. The molecule has 228 valence electrons. The quantitative estimate of drug-likeness (QED) is 0.232. The molecule has 0 radical (unpaired) electrons. The molecule has 0 aliphatic carbocycles. The predicted molar refractivity (Wildman–Crippen MR) is 161 cm³/mol. The second-order valence-electron chi connectivity index (χ2n) is 11.4. The lowest BCUT2D eigenvalue weighted by Gasteiger charge is -2.39. The fraction of sp³-hybridized carbons (Fsp3) is 0.303. The van der Waals surface area contributed by atoms with Gasteiger partial charge in [0.1, 0.15) is 11.9 Å². The van der Waals surface area contributed by atoms with Gasteiger partial charge in [0, 0.05) is 31.3 Å². The first kappa shape index (κ1) is 29.4. The van der Waals surface area contributed by atoms with Gasteiger partial charge in [0.25, 0.3) is 0 Å². The van der Waals surface area contributed by atoms with E-state index in [9.17, 15) is 9.90 Å². The highest BCUT2D eigenvalue weighted by molar-refractivity contribution is 5.79. The summed E-state index contributed by atoms with van der Waals surface area (Å²) in [4.78, 5) is 21.8. The first-order chi connectivity index (χ1) is 21.1. The number of hydrogen-bond donors (Lipinski definition) is 3. The fourth-order valence-electron chi connectivity index (χ4n) is 6.33. The van der Waals surface area contributed by atoms with E-state index in [4.69, 9.17) is 10.5 Å². The minimum absolute atomic E-state index is 0.0298. The van der Waals surface area contributed by atoms with Gasteiger partial charge in [-0.25, -0.2) is 0 Å². The Balaban J connectivity index is 1.35. The number of piperidine rings is 1. The zero-order valence-electron chi connectivity index (χ0n) is 23.8. The van der Waals surface area contributed by atoms with Crippen LogP contribution in [0.4, 0.5) is 24.9 Å². The number of halogens is 3. The summed E-state index contributed by atoms with van der Waals surface area (Å²) in [5, 5.41) is 12.5. The molecule has 3 heterocycles. The van der Waals surface area contributed by atoms with Gasteiger partial charge in [-0.15, -0.1) is 0 Å². The van der Waals surface area contributed by atoms with Crippen LogP contribution < -0.4 is 20.7 Å². The van der Waals surface area contributed by atoms with Crippen molar-refractivity contribution < 1.29 is 27.8 Å². The molecule has 11 heteroatoms. The number of nitrogen functional groups attached to an aromatic ring is 1. The molecule has 0 bridgehead atoms. The number of nitrogens with zero attached hydrogens (tertiary/aromatic N) is 3. The number of carboxylic acids is 1. The van der Waals surface area contributed by atoms with Crippen molar-refractivity contribution in [3.05, 3.63) is 90.5 Å². The second-order valence-corrected chi connectivity index (χ2v) is 11.4. The van der Waals surface area contributed by atoms with E-state index in [1.807, 2.05) is 17.0 Å². The molecule has 4 N–H and O–H groups in total. The number of alkyl halides is 3. The third-order valence-corrected chi connectivity index (χ3v) is 8.59. The van der Waals surface area contributed by atoms with Gasteiger partial charge >= 0.3 is 12.1 Å². The molecule has 1 aromatic heterocycles. The highest BCUT2D eigenvalue weighted by Gasteiger charge is 2.46. The van der Waals surface area contributed by atoms with Crippen LogP contribution in [0.15, 0.2) is 84.9 Å². The Hall–Kier alpha value is -4.64. The zero-order valence-corrected chi connectivity index (χ0v) is 23.8. The Morgan fingerprint density at radius 3 is 2.07 bits per heavy atom. The molecule has 2 saturated heterocycles. The maximum Gasteiger partial charge on any atom is 0.429 e. The second kappa shape index (κ2) is 11.8. The summed E-state index contributed by atoms with van der Waals surface area (Å²) < 4.78 is 50.9. The number of aromatic nitrogens is 2. The summed E-state index contributed by atoms with van der Waals surface area (Å²) in [6.45, 7) is 1.69. The van der Waals surface area contributed by atoms with Crippen molar-refractivity contribution in [1.82, 2.24) is 15.3 Å². The number of ether oxygens (including phenoxy) is 1. The predicted octanol–water partition coefficient (Wildman–Crippen LogP) is 6.11. The van der Waals surface area contributed by atoms with Gasteiger partial charge in [-0.2, -0.15) is 23.1 Å². The average Bonchev–Trinajstić information content (AvgIpc) is 3.44. The molecule has 0 amide bonds. The van der Waals surface area contributed by atoms with Gasteiger partial charge in [-0.05, 0) is 46.9 Å². The number of benzene rings is 3. The number of carbonyl (C=O) groups is 1. The number of nitrogens with one attached hydrogen (secondary N) is 1.